The minimum Gasteiger partial charge on any atom is -0.459 e. The Balaban J connectivity index is 1.14. The van der Waals surface area contributed by atoms with Crippen LogP contribution in [0.4, 0.5) is 10.5 Å². The number of nitrogens with zero attached hydrogens (tertiary/aromatic N) is 3. The van der Waals surface area contributed by atoms with Crippen LogP contribution in [0.2, 0.25) is 0 Å². The van der Waals surface area contributed by atoms with Gasteiger partial charge in [-0.25, -0.2) is 4.79 Å². The van der Waals surface area contributed by atoms with Crippen molar-refractivity contribution in [1.82, 2.24) is 4.90 Å². The highest BCUT2D eigenvalue weighted by molar-refractivity contribution is 6.03. The number of carbonyl (C=O) groups is 1. The highest BCUT2D eigenvalue weighted by Gasteiger charge is 2.66. The van der Waals surface area contributed by atoms with Crippen molar-refractivity contribution in [3.63, 3.8) is 0 Å². The molecule has 0 bridgehead atoms. The number of hydrogen-bond acceptors (Lipinski definition) is 13. The highest BCUT2D eigenvalue weighted by Crippen LogP contribution is 2.62. The van der Waals surface area contributed by atoms with Gasteiger partial charge < -0.3 is 43.5 Å². The number of ether oxygens (including phenoxy) is 6. The summed E-state index contributed by atoms with van der Waals surface area (Å²) < 4.78 is 39.1. The van der Waals surface area contributed by atoms with Crippen LogP contribution in [0.15, 0.2) is 175 Å². The molecule has 6 aromatic rings. The Morgan fingerprint density at radius 3 is 2.20 bits per heavy atom. The number of nitro benzene ring substituents is 1. The van der Waals surface area contributed by atoms with Gasteiger partial charge in [-0.15, -0.1) is 6.58 Å². The van der Waals surface area contributed by atoms with Crippen molar-refractivity contribution in [2.45, 2.75) is 75.8 Å². The van der Waals surface area contributed by atoms with E-state index in [4.69, 9.17) is 38.4 Å². The number of fused-ring (bicyclic) bond motifs is 3. The van der Waals surface area contributed by atoms with Gasteiger partial charge in [-0.1, -0.05) is 109 Å². The lowest BCUT2D eigenvalue weighted by atomic mass is 9.55. The van der Waals surface area contributed by atoms with Crippen molar-refractivity contribution in [1.29, 1.82) is 0 Å². The van der Waals surface area contributed by atoms with E-state index in [0.29, 0.717) is 52.9 Å². The molecule has 15 nitrogen and oxygen atoms in total. The molecule has 6 unspecified atom stereocenters. The van der Waals surface area contributed by atoms with Gasteiger partial charge in [0.15, 0.2) is 11.5 Å². The molecule has 0 spiro atoms. The third-order valence-electron chi connectivity index (χ3n) is 14.7. The number of aliphatic hydroxyl groups is 2. The van der Waals surface area contributed by atoms with E-state index in [1.165, 1.54) is 24.3 Å². The topological polar surface area (TPSA) is 181 Å². The van der Waals surface area contributed by atoms with Gasteiger partial charge >= 0.3 is 6.09 Å². The largest absolute Gasteiger partial charge is 0.459 e. The minimum atomic E-state index is -1.64. The number of amides is 1. The SMILES string of the molecule is C=CCOC12Oc3ccc(Oc4ccc(-c5ccccc5)cc4)cc3C3C(CCCCO)C(CCCCO)C=C(C(=NOCc4ccccc4)CC1N(Cc1ccc4c(c1)OCO4)C(=O)Oc1ccc([N+](=O)[O-])cc1)C32. The summed E-state index contributed by atoms with van der Waals surface area (Å²) in [5.74, 6) is 0.249. The number of aliphatic hydroxyl groups excluding tert-OH is 2. The third kappa shape index (κ3) is 11.2. The van der Waals surface area contributed by atoms with Crippen LogP contribution in [-0.4, -0.2) is 70.3 Å². The average Bonchev–Trinajstić information content (AvgIpc) is 3.92. The van der Waals surface area contributed by atoms with Crippen molar-refractivity contribution in [3.8, 4) is 45.6 Å². The van der Waals surface area contributed by atoms with Gasteiger partial charge in [-0.2, -0.15) is 0 Å². The summed E-state index contributed by atoms with van der Waals surface area (Å²) in [4.78, 5) is 34.4. The van der Waals surface area contributed by atoms with E-state index in [0.717, 1.165) is 53.5 Å². The van der Waals surface area contributed by atoms with E-state index in [9.17, 15) is 20.3 Å². The molecule has 4 aliphatic rings. The number of hydrogen-bond donors (Lipinski definition) is 2. The maximum atomic E-state index is 15.4. The van der Waals surface area contributed by atoms with Gasteiger partial charge in [-0.3, -0.25) is 15.0 Å². The lowest BCUT2D eigenvalue weighted by molar-refractivity contribution is -0.384. The average molecular weight is 1030 g/mol. The summed E-state index contributed by atoms with van der Waals surface area (Å²) in [6.07, 6.45) is 7.45. The van der Waals surface area contributed by atoms with Crippen molar-refractivity contribution in [2.75, 3.05) is 26.6 Å². The number of allylic oxidation sites excluding steroid dienone is 1. The van der Waals surface area contributed by atoms with E-state index in [2.05, 4.69) is 30.9 Å². The molecule has 1 fully saturated rings. The second kappa shape index (κ2) is 23.7. The Kier molecular flexibility index (Phi) is 16.1. The fourth-order valence-electron chi connectivity index (χ4n) is 11.3. The zero-order chi connectivity index (χ0) is 52.4. The Morgan fingerprint density at radius 2 is 1.46 bits per heavy atom. The predicted molar refractivity (Wildman–Crippen MR) is 285 cm³/mol. The first-order valence-corrected chi connectivity index (χ1v) is 25.9. The van der Waals surface area contributed by atoms with Gasteiger partial charge in [0.05, 0.1) is 23.2 Å². The van der Waals surface area contributed by atoms with Crippen molar-refractivity contribution in [2.24, 2.45) is 22.9 Å². The molecule has 6 aromatic carbocycles. The number of benzene rings is 6. The van der Waals surface area contributed by atoms with Crippen molar-refractivity contribution < 1.29 is 53.2 Å². The van der Waals surface area contributed by atoms with Crippen LogP contribution in [0.3, 0.4) is 0 Å². The maximum Gasteiger partial charge on any atom is 0.416 e. The summed E-state index contributed by atoms with van der Waals surface area (Å²) in [5.41, 5.74) is 5.92. The van der Waals surface area contributed by atoms with Gasteiger partial charge in [0.1, 0.15) is 35.6 Å². The Morgan fingerprint density at radius 1 is 0.776 bits per heavy atom. The first-order chi connectivity index (χ1) is 37.2. The van der Waals surface area contributed by atoms with Crippen LogP contribution in [0.1, 0.15) is 67.6 Å². The Labute approximate surface area is 441 Å². The zero-order valence-corrected chi connectivity index (χ0v) is 42.1. The number of carbonyl (C=O) groups excluding carboxylic acids is 1. The molecular formula is C61H61N3O12. The molecule has 15 heteroatoms. The monoisotopic (exact) mass is 1030 g/mol. The van der Waals surface area contributed by atoms with E-state index in [1.807, 2.05) is 97.1 Å². The number of nitro groups is 1. The number of oxime groups is 1. The van der Waals surface area contributed by atoms with Crippen LogP contribution in [0.25, 0.3) is 11.1 Å². The first-order valence-electron chi connectivity index (χ1n) is 25.9. The van der Waals surface area contributed by atoms with Crippen LogP contribution in [0, 0.1) is 27.9 Å². The molecule has 0 radical (unpaired) electrons. The summed E-state index contributed by atoms with van der Waals surface area (Å²) >= 11 is 0. The lowest BCUT2D eigenvalue weighted by Crippen LogP contribution is -2.70. The normalized spacial score (nSPS) is 21.3. The minimum absolute atomic E-state index is 0.0210. The molecule has 0 aromatic heterocycles. The molecular weight excluding hydrogens is 967 g/mol. The predicted octanol–water partition coefficient (Wildman–Crippen LogP) is 12.3. The lowest BCUT2D eigenvalue weighted by Gasteiger charge is -2.59. The van der Waals surface area contributed by atoms with Gasteiger partial charge in [0, 0.05) is 49.8 Å². The summed E-state index contributed by atoms with van der Waals surface area (Å²) in [5, 5.41) is 36.9. The molecule has 392 valence electrons. The quantitative estimate of drug-likeness (QED) is 0.0285. The van der Waals surface area contributed by atoms with Crippen LogP contribution < -0.4 is 23.7 Å². The zero-order valence-electron chi connectivity index (χ0n) is 42.1. The molecule has 0 saturated heterocycles. The van der Waals surface area contributed by atoms with Gasteiger partial charge in [0.2, 0.25) is 12.6 Å². The Hall–Kier alpha value is -7.98. The van der Waals surface area contributed by atoms with Crippen LogP contribution in [-0.2, 0) is 22.7 Å². The van der Waals surface area contributed by atoms with Crippen LogP contribution in [0.5, 0.6) is 34.5 Å². The summed E-state index contributed by atoms with van der Waals surface area (Å²) in [6.45, 7) is 4.39. The molecule has 10 rings (SSSR count). The Bertz CT molecular complexity index is 3040. The molecule has 2 aliphatic heterocycles. The van der Waals surface area contributed by atoms with E-state index in [-0.39, 0.29) is 75.4 Å². The summed E-state index contributed by atoms with van der Waals surface area (Å²) in [7, 11) is 0. The number of rotatable bonds is 22. The molecule has 1 amide bonds. The van der Waals surface area contributed by atoms with E-state index >= 15 is 4.79 Å². The number of unbranched alkanes of at least 4 members (excludes halogenated alkanes) is 2. The van der Waals surface area contributed by atoms with E-state index in [1.54, 1.807) is 17.0 Å². The van der Waals surface area contributed by atoms with Gasteiger partial charge in [0.25, 0.3) is 5.69 Å². The molecule has 2 heterocycles. The fraction of sp³-hybridized carbons (Fsp3) is 0.311. The standard InChI is InChI=1S/C61H61N3O12/c1-2-33-72-61-57(63(38-42-19-29-55-56(34-42)71-40-70-55)60(67)75-48-26-22-46(23-27-48)64(68)69)37-53(62-73-39-41-13-5-3-6-14-41)51-35-45(17-9-11-31-65)50(18-10-12-32-66)58(59(51)61)52-36-49(28-30-54(52)76-61)74-47-24-20-44(21-25-47)43-15-7-4-8-16-43/h2-8,13-16,19-30,34-36,45,50,57-59,65-66H,1,9-12,17-18,31-33,37-40H2. The maximum absolute atomic E-state index is 15.4. The van der Waals surface area contributed by atoms with E-state index < -0.39 is 28.8 Å². The molecule has 76 heavy (non-hydrogen) atoms. The molecule has 2 N–H and O–H groups in total. The van der Waals surface area contributed by atoms with Crippen LogP contribution >= 0.6 is 0 Å². The molecule has 1 saturated carbocycles. The molecule has 6 atom stereocenters. The number of non-ortho nitro benzene ring substituents is 1. The third-order valence-corrected chi connectivity index (χ3v) is 14.7. The van der Waals surface area contributed by atoms with Crippen molar-refractivity contribution >= 4 is 17.5 Å². The second-order valence-electron chi connectivity index (χ2n) is 19.5. The highest BCUT2D eigenvalue weighted by atomic mass is 16.7. The van der Waals surface area contributed by atoms with Gasteiger partial charge in [-0.05, 0) is 120 Å². The fourth-order valence-corrected chi connectivity index (χ4v) is 11.3. The molecule has 2 aliphatic carbocycles. The second-order valence-corrected chi connectivity index (χ2v) is 19.5. The van der Waals surface area contributed by atoms with Crippen molar-refractivity contribution in [3.05, 3.63) is 197 Å². The first kappa shape index (κ1) is 51.5. The smallest absolute Gasteiger partial charge is 0.416 e. The summed E-state index contributed by atoms with van der Waals surface area (Å²) in [6, 6.07) is 43.6.